The third-order valence-corrected chi connectivity index (χ3v) is 4.13. The van der Waals surface area contributed by atoms with Crippen LogP contribution in [0, 0.1) is 0 Å². The van der Waals surface area contributed by atoms with Crippen LogP contribution in [0.15, 0.2) is 36.4 Å². The number of aryl methyl sites for hydroxylation is 1. The molecule has 1 heterocycles. The van der Waals surface area contributed by atoms with Gasteiger partial charge in [0.15, 0.2) is 0 Å². The molecule has 2 aromatic rings. The van der Waals surface area contributed by atoms with E-state index in [2.05, 4.69) is 57.2 Å². The van der Waals surface area contributed by atoms with E-state index in [1.165, 1.54) is 20.9 Å². The highest BCUT2D eigenvalue weighted by Gasteiger charge is 2.04. The second-order valence-electron chi connectivity index (χ2n) is 4.40. The average molecular weight is 230 g/mol. The summed E-state index contributed by atoms with van der Waals surface area (Å²) in [6.45, 7) is 6.69. The molecule has 0 fully saturated rings. The van der Waals surface area contributed by atoms with E-state index in [1.54, 1.807) is 0 Å². The molecule has 1 heteroatoms. The van der Waals surface area contributed by atoms with Crippen LogP contribution in [0.4, 0.5) is 0 Å². The van der Waals surface area contributed by atoms with Gasteiger partial charge in [-0.2, -0.15) is 0 Å². The van der Waals surface area contributed by atoms with Crippen LogP contribution in [0.25, 0.3) is 10.4 Å². The number of thiophene rings is 1. The molecule has 0 bridgehead atoms. The number of hydrogen-bond acceptors (Lipinski definition) is 1. The molecule has 0 saturated heterocycles. The van der Waals surface area contributed by atoms with Crippen molar-refractivity contribution in [3.05, 3.63) is 46.8 Å². The smallest absolute Gasteiger partial charge is 0.0345 e. The molecule has 0 aliphatic heterocycles. The molecule has 0 unspecified atom stereocenters. The lowest BCUT2D eigenvalue weighted by Crippen LogP contribution is -1.86. The van der Waals surface area contributed by atoms with E-state index in [0.29, 0.717) is 5.92 Å². The molecule has 0 atom stereocenters. The van der Waals surface area contributed by atoms with Gasteiger partial charge in [-0.3, -0.25) is 0 Å². The Bertz CT molecular complexity index is 466. The zero-order valence-electron chi connectivity index (χ0n) is 10.2. The highest BCUT2D eigenvalue weighted by atomic mass is 32.1. The van der Waals surface area contributed by atoms with Crippen LogP contribution in [0.1, 0.15) is 37.1 Å². The van der Waals surface area contributed by atoms with E-state index in [4.69, 9.17) is 0 Å². The zero-order chi connectivity index (χ0) is 11.5. The van der Waals surface area contributed by atoms with Gasteiger partial charge in [0, 0.05) is 9.75 Å². The van der Waals surface area contributed by atoms with Crippen molar-refractivity contribution < 1.29 is 0 Å². The Labute approximate surface area is 102 Å². The topological polar surface area (TPSA) is 0 Å². The summed E-state index contributed by atoms with van der Waals surface area (Å²) in [5.74, 6) is 0.602. The second-order valence-corrected chi connectivity index (χ2v) is 5.57. The summed E-state index contributed by atoms with van der Waals surface area (Å²) in [6.07, 6.45) is 1.13. The van der Waals surface area contributed by atoms with Gasteiger partial charge >= 0.3 is 0 Å². The van der Waals surface area contributed by atoms with Crippen molar-refractivity contribution >= 4 is 11.3 Å². The van der Waals surface area contributed by atoms with Crippen molar-refractivity contribution in [2.75, 3.05) is 0 Å². The first-order chi connectivity index (χ1) is 7.70. The SMILES string of the molecule is CCc1ccc(-c2cccc(C(C)C)c2)s1. The normalized spacial score (nSPS) is 11.0. The van der Waals surface area contributed by atoms with E-state index < -0.39 is 0 Å². The number of benzene rings is 1. The van der Waals surface area contributed by atoms with Crippen molar-refractivity contribution in [3.8, 4) is 10.4 Å². The largest absolute Gasteiger partial charge is 0.140 e. The molecule has 0 aliphatic rings. The van der Waals surface area contributed by atoms with Gasteiger partial charge < -0.3 is 0 Å². The van der Waals surface area contributed by atoms with E-state index >= 15 is 0 Å². The summed E-state index contributed by atoms with van der Waals surface area (Å²) < 4.78 is 0. The molecule has 0 saturated carbocycles. The summed E-state index contributed by atoms with van der Waals surface area (Å²) in [5.41, 5.74) is 2.78. The Morgan fingerprint density at radius 2 is 1.94 bits per heavy atom. The third-order valence-electron chi connectivity index (χ3n) is 2.85. The standard InChI is InChI=1S/C15H18S/c1-4-14-8-9-15(16-14)13-7-5-6-12(10-13)11(2)3/h5-11H,4H2,1-3H3. The fourth-order valence-electron chi connectivity index (χ4n) is 1.77. The van der Waals surface area contributed by atoms with Crippen molar-refractivity contribution in [3.63, 3.8) is 0 Å². The van der Waals surface area contributed by atoms with Gasteiger partial charge in [0.2, 0.25) is 0 Å². The molecule has 0 amide bonds. The molecule has 1 aromatic heterocycles. The predicted molar refractivity (Wildman–Crippen MR) is 73.2 cm³/mol. The summed E-state index contributed by atoms with van der Waals surface area (Å²) in [6, 6.07) is 13.4. The lowest BCUT2D eigenvalue weighted by atomic mass is 10.0. The molecule has 0 nitrogen and oxygen atoms in total. The Morgan fingerprint density at radius 3 is 2.56 bits per heavy atom. The first kappa shape index (κ1) is 11.4. The zero-order valence-corrected chi connectivity index (χ0v) is 11.0. The van der Waals surface area contributed by atoms with Crippen LogP contribution in [-0.4, -0.2) is 0 Å². The molecule has 0 radical (unpaired) electrons. The van der Waals surface area contributed by atoms with Gasteiger partial charge in [0.1, 0.15) is 0 Å². The van der Waals surface area contributed by atoms with Crippen molar-refractivity contribution in [2.45, 2.75) is 33.1 Å². The summed E-state index contributed by atoms with van der Waals surface area (Å²) in [5, 5.41) is 0. The molecular formula is C15H18S. The fourth-order valence-corrected chi connectivity index (χ4v) is 2.72. The van der Waals surface area contributed by atoms with Crippen LogP contribution in [0.2, 0.25) is 0 Å². The number of rotatable bonds is 3. The van der Waals surface area contributed by atoms with Crippen molar-refractivity contribution in [1.29, 1.82) is 0 Å². The first-order valence-corrected chi connectivity index (χ1v) is 6.71. The van der Waals surface area contributed by atoms with E-state index in [0.717, 1.165) is 6.42 Å². The van der Waals surface area contributed by atoms with Crippen molar-refractivity contribution in [1.82, 2.24) is 0 Å². The highest BCUT2D eigenvalue weighted by Crippen LogP contribution is 2.30. The Balaban J connectivity index is 2.36. The van der Waals surface area contributed by atoms with Gasteiger partial charge in [0.25, 0.3) is 0 Å². The second kappa shape index (κ2) is 4.84. The third kappa shape index (κ3) is 2.35. The van der Waals surface area contributed by atoms with Gasteiger partial charge in [-0.25, -0.2) is 0 Å². The van der Waals surface area contributed by atoms with Gasteiger partial charge in [-0.05, 0) is 35.6 Å². The maximum absolute atomic E-state index is 2.32. The Hall–Kier alpha value is -1.08. The van der Waals surface area contributed by atoms with Gasteiger partial charge in [-0.1, -0.05) is 45.0 Å². The first-order valence-electron chi connectivity index (χ1n) is 5.89. The fraction of sp³-hybridized carbons (Fsp3) is 0.333. The van der Waals surface area contributed by atoms with Crippen LogP contribution in [0.3, 0.4) is 0 Å². The maximum atomic E-state index is 2.32. The molecule has 2 rings (SSSR count). The summed E-state index contributed by atoms with van der Waals surface area (Å²) >= 11 is 1.91. The van der Waals surface area contributed by atoms with E-state index in [9.17, 15) is 0 Å². The average Bonchev–Trinajstić information content (AvgIpc) is 2.77. The van der Waals surface area contributed by atoms with Crippen LogP contribution in [0.5, 0.6) is 0 Å². The minimum absolute atomic E-state index is 0.602. The van der Waals surface area contributed by atoms with Crippen LogP contribution < -0.4 is 0 Å². The molecule has 0 spiro atoms. The molecular weight excluding hydrogens is 212 g/mol. The highest BCUT2D eigenvalue weighted by molar-refractivity contribution is 7.15. The number of hydrogen-bond donors (Lipinski definition) is 0. The molecule has 84 valence electrons. The van der Waals surface area contributed by atoms with E-state index in [-0.39, 0.29) is 0 Å². The summed E-state index contributed by atoms with van der Waals surface area (Å²) in [4.78, 5) is 2.85. The maximum Gasteiger partial charge on any atom is 0.0345 e. The summed E-state index contributed by atoms with van der Waals surface area (Å²) in [7, 11) is 0. The molecule has 1 aromatic carbocycles. The lowest BCUT2D eigenvalue weighted by Gasteiger charge is -2.06. The minimum Gasteiger partial charge on any atom is -0.140 e. The van der Waals surface area contributed by atoms with Crippen molar-refractivity contribution in [2.24, 2.45) is 0 Å². The molecule has 0 N–H and O–H groups in total. The Morgan fingerprint density at radius 1 is 1.12 bits per heavy atom. The van der Waals surface area contributed by atoms with Gasteiger partial charge in [-0.15, -0.1) is 11.3 Å². The molecule has 0 aliphatic carbocycles. The van der Waals surface area contributed by atoms with Gasteiger partial charge in [0.05, 0.1) is 0 Å². The predicted octanol–water partition coefficient (Wildman–Crippen LogP) is 5.10. The monoisotopic (exact) mass is 230 g/mol. The van der Waals surface area contributed by atoms with E-state index in [1.807, 2.05) is 11.3 Å². The lowest BCUT2D eigenvalue weighted by molar-refractivity contribution is 0.867. The minimum atomic E-state index is 0.602. The Kier molecular flexibility index (Phi) is 3.45. The molecule has 16 heavy (non-hydrogen) atoms. The van der Waals surface area contributed by atoms with Crippen LogP contribution >= 0.6 is 11.3 Å². The van der Waals surface area contributed by atoms with Crippen LogP contribution in [-0.2, 0) is 6.42 Å². The quantitative estimate of drug-likeness (QED) is 0.688.